The number of phenols is 1. The van der Waals surface area contributed by atoms with E-state index in [-0.39, 0.29) is 29.6 Å². The first-order chi connectivity index (χ1) is 27.8. The van der Waals surface area contributed by atoms with Crippen LogP contribution < -0.4 is 14.4 Å². The van der Waals surface area contributed by atoms with Crippen molar-refractivity contribution in [1.29, 1.82) is 0 Å². The second-order valence-electron chi connectivity index (χ2n) is 15.5. The first-order valence-electron chi connectivity index (χ1n) is 19.9. The van der Waals surface area contributed by atoms with E-state index in [1.807, 2.05) is 54.6 Å². The number of benzene rings is 4. The van der Waals surface area contributed by atoms with Crippen LogP contribution in [-0.2, 0) is 16.1 Å². The quantitative estimate of drug-likeness (QED) is 0.140. The highest BCUT2D eigenvalue weighted by Crippen LogP contribution is 2.47. The number of halogens is 1. The van der Waals surface area contributed by atoms with E-state index in [9.17, 15) is 19.5 Å². The molecule has 0 radical (unpaired) electrons. The molecule has 1 unspecified atom stereocenters. The number of amides is 1. The van der Waals surface area contributed by atoms with E-state index in [2.05, 4.69) is 48.8 Å². The molecule has 3 fully saturated rings. The van der Waals surface area contributed by atoms with Crippen molar-refractivity contribution in [1.82, 2.24) is 14.7 Å². The van der Waals surface area contributed by atoms with Gasteiger partial charge in [0.1, 0.15) is 29.6 Å². The van der Waals surface area contributed by atoms with Gasteiger partial charge in [0.15, 0.2) is 11.5 Å². The second kappa shape index (κ2) is 16.2. The summed E-state index contributed by atoms with van der Waals surface area (Å²) in [5.74, 6) is 2.30. The molecule has 294 valence electrons. The number of carbonyl (C=O) groups is 3. The van der Waals surface area contributed by atoms with E-state index >= 15 is 0 Å². The van der Waals surface area contributed by atoms with Crippen molar-refractivity contribution >= 4 is 60.5 Å². The number of rotatable bonds is 10. The highest BCUT2D eigenvalue weighted by atomic mass is 79.9. The summed E-state index contributed by atoms with van der Waals surface area (Å²) >= 11 is 5.13. The molecule has 1 aliphatic carbocycles. The molecule has 57 heavy (non-hydrogen) atoms. The zero-order valence-electron chi connectivity index (χ0n) is 31.7. The molecule has 3 aliphatic heterocycles. The Morgan fingerprint density at radius 2 is 1.56 bits per heavy atom. The molecule has 1 amide bonds. The maximum absolute atomic E-state index is 13.2. The molecule has 4 aromatic carbocycles. The van der Waals surface area contributed by atoms with Crippen LogP contribution in [0.15, 0.2) is 89.4 Å². The van der Waals surface area contributed by atoms with Gasteiger partial charge in [-0.1, -0.05) is 28.1 Å². The van der Waals surface area contributed by atoms with Gasteiger partial charge in [-0.15, -0.1) is 11.3 Å². The summed E-state index contributed by atoms with van der Waals surface area (Å²) in [6.07, 6.45) is 3.04. The third kappa shape index (κ3) is 8.05. The number of anilines is 1. The lowest BCUT2D eigenvalue weighted by atomic mass is 9.92. The predicted octanol–water partition coefficient (Wildman–Crippen LogP) is 8.14. The zero-order valence-corrected chi connectivity index (χ0v) is 34.1. The molecule has 2 saturated heterocycles. The molecule has 5 aromatic rings. The van der Waals surface area contributed by atoms with Crippen LogP contribution in [0.25, 0.3) is 20.5 Å². The van der Waals surface area contributed by atoms with Crippen molar-refractivity contribution in [2.45, 2.75) is 50.7 Å². The molecule has 4 aliphatic rings. The standard InChI is InChI=1S/C45H45BrN4O6S/c46-31-3-1-29(2-4-31)44-43(39-13-6-35(52)27-42(39)57-44)56-37-10-8-36(9-11-37)55-24-23-47-17-15-32(16-18-47)48-19-21-49(22-20-48)33-5-12-38-30(25-33)28-50(45(38)54)40-14-7-34(51)26-41(40)53/h1-6,8-13,25,27,32,40,52H,7,14-24,26,28H2. The average Bonchev–Trinajstić information content (AvgIpc) is 3.74. The number of carbonyl (C=O) groups excluding carboxylic acids is 3. The Balaban J connectivity index is 0.725. The normalized spacial score (nSPS) is 19.7. The molecule has 4 heterocycles. The van der Waals surface area contributed by atoms with Gasteiger partial charge in [-0.2, -0.15) is 0 Å². The minimum Gasteiger partial charge on any atom is -0.508 e. The highest BCUT2D eigenvalue weighted by Gasteiger charge is 2.39. The summed E-state index contributed by atoms with van der Waals surface area (Å²) in [6.45, 7) is 7.97. The van der Waals surface area contributed by atoms with Crippen molar-refractivity contribution in [3.8, 4) is 33.4 Å². The van der Waals surface area contributed by atoms with Gasteiger partial charge >= 0.3 is 0 Å². The van der Waals surface area contributed by atoms with E-state index in [4.69, 9.17) is 9.47 Å². The minimum absolute atomic E-state index is 0.0240. The number of hydrogen-bond acceptors (Lipinski definition) is 10. The summed E-state index contributed by atoms with van der Waals surface area (Å²) < 4.78 is 14.6. The van der Waals surface area contributed by atoms with E-state index in [0.717, 1.165) is 112 Å². The number of thiophene rings is 1. The number of likely N-dealkylation sites (tertiary alicyclic amines) is 1. The summed E-state index contributed by atoms with van der Waals surface area (Å²) in [5.41, 5.74) is 3.84. The molecular formula is C45H45BrN4O6S. The third-order valence-corrected chi connectivity index (χ3v) is 13.7. The monoisotopic (exact) mass is 848 g/mol. The Bertz CT molecular complexity index is 2300. The predicted molar refractivity (Wildman–Crippen MR) is 226 cm³/mol. The average molecular weight is 850 g/mol. The Morgan fingerprint density at radius 1 is 0.807 bits per heavy atom. The molecule has 12 heteroatoms. The van der Waals surface area contributed by atoms with Crippen molar-refractivity contribution in [2.24, 2.45) is 0 Å². The minimum atomic E-state index is -0.483. The maximum atomic E-state index is 13.2. The van der Waals surface area contributed by atoms with Gasteiger partial charge in [-0.3, -0.25) is 24.2 Å². The van der Waals surface area contributed by atoms with Gasteiger partial charge in [0, 0.05) is 77.5 Å². The lowest BCUT2D eigenvalue weighted by Crippen LogP contribution is -2.53. The smallest absolute Gasteiger partial charge is 0.255 e. The first kappa shape index (κ1) is 37.8. The van der Waals surface area contributed by atoms with Gasteiger partial charge < -0.3 is 24.4 Å². The second-order valence-corrected chi connectivity index (χ2v) is 17.4. The number of fused-ring (bicyclic) bond motifs is 2. The van der Waals surface area contributed by atoms with Crippen LogP contribution in [0.4, 0.5) is 5.69 Å². The van der Waals surface area contributed by atoms with E-state index in [1.54, 1.807) is 28.4 Å². The molecule has 1 N–H and O–H groups in total. The summed E-state index contributed by atoms with van der Waals surface area (Å²) in [7, 11) is 0. The fourth-order valence-electron chi connectivity index (χ4n) is 8.79. The number of piperidine rings is 1. The Kier molecular flexibility index (Phi) is 10.8. The van der Waals surface area contributed by atoms with Crippen LogP contribution in [0.2, 0.25) is 0 Å². The SMILES string of the molecule is O=C1CCC(N2Cc3cc(N4CCN(C5CCN(CCOc6ccc(Oc7c(-c8ccc(Br)cc8)sc8cc(O)ccc78)cc6)CC5)CC4)ccc3C2=O)C(=O)C1. The lowest BCUT2D eigenvalue weighted by Gasteiger charge is -2.43. The van der Waals surface area contributed by atoms with Crippen molar-refractivity contribution in [2.75, 3.05) is 57.3 Å². The van der Waals surface area contributed by atoms with Crippen LogP contribution in [0, 0.1) is 0 Å². The van der Waals surface area contributed by atoms with E-state index in [0.29, 0.717) is 37.6 Å². The topological polar surface area (TPSA) is 103 Å². The Morgan fingerprint density at radius 3 is 2.32 bits per heavy atom. The number of phenolic OH excluding ortho intramolecular Hbond substituents is 1. The van der Waals surface area contributed by atoms with Crippen LogP contribution in [0.3, 0.4) is 0 Å². The van der Waals surface area contributed by atoms with Crippen LogP contribution in [0.5, 0.6) is 23.0 Å². The molecule has 0 spiro atoms. The highest BCUT2D eigenvalue weighted by molar-refractivity contribution is 9.10. The molecule has 9 rings (SSSR count). The van der Waals surface area contributed by atoms with E-state index in [1.165, 1.54) is 0 Å². The number of piperazine rings is 1. The molecular weight excluding hydrogens is 804 g/mol. The summed E-state index contributed by atoms with van der Waals surface area (Å²) in [6, 6.07) is 27.6. The van der Waals surface area contributed by atoms with Crippen LogP contribution >= 0.6 is 27.3 Å². The number of nitrogens with zero attached hydrogens (tertiary/aromatic N) is 4. The fraction of sp³-hybridized carbons (Fsp3) is 0.356. The van der Waals surface area contributed by atoms with Gasteiger partial charge in [-0.05, 0) is 116 Å². The number of hydrogen-bond donors (Lipinski definition) is 1. The lowest BCUT2D eigenvalue weighted by molar-refractivity contribution is -0.133. The van der Waals surface area contributed by atoms with Gasteiger partial charge in [0.2, 0.25) is 0 Å². The summed E-state index contributed by atoms with van der Waals surface area (Å²) in [5, 5.41) is 11.1. The maximum Gasteiger partial charge on any atom is 0.255 e. The zero-order chi connectivity index (χ0) is 39.0. The van der Waals surface area contributed by atoms with Crippen molar-refractivity contribution in [3.63, 3.8) is 0 Å². The molecule has 10 nitrogen and oxygen atoms in total. The Labute approximate surface area is 344 Å². The Hall–Kier alpha value is -4.75. The van der Waals surface area contributed by atoms with Crippen LogP contribution in [-0.4, -0.2) is 102 Å². The number of ether oxygens (including phenoxy) is 2. The largest absolute Gasteiger partial charge is 0.508 e. The van der Waals surface area contributed by atoms with Crippen molar-refractivity contribution < 1.29 is 29.0 Å². The van der Waals surface area contributed by atoms with Crippen LogP contribution in [0.1, 0.15) is 48.0 Å². The first-order valence-corrected chi connectivity index (χ1v) is 21.5. The van der Waals surface area contributed by atoms with Gasteiger partial charge in [-0.25, -0.2) is 0 Å². The molecule has 0 bridgehead atoms. The van der Waals surface area contributed by atoms with E-state index < -0.39 is 6.04 Å². The third-order valence-electron chi connectivity index (χ3n) is 11.9. The van der Waals surface area contributed by atoms with Crippen molar-refractivity contribution in [3.05, 3.63) is 101 Å². The number of aromatic hydroxyl groups is 1. The fourth-order valence-corrected chi connectivity index (χ4v) is 10.2. The van der Waals surface area contributed by atoms with Gasteiger partial charge in [0.05, 0.1) is 17.3 Å². The molecule has 1 atom stereocenters. The number of ketones is 2. The van der Waals surface area contributed by atoms with Gasteiger partial charge in [0.25, 0.3) is 5.91 Å². The molecule has 1 aromatic heterocycles. The number of Topliss-reactive ketones (excluding diaryl/α,β-unsaturated/α-hetero) is 2. The molecule has 1 saturated carbocycles. The summed E-state index contributed by atoms with van der Waals surface area (Å²) in [4.78, 5) is 47.7.